The van der Waals surface area contributed by atoms with E-state index in [1.165, 1.54) is 31.4 Å². The fourth-order valence-electron chi connectivity index (χ4n) is 3.40. The maximum Gasteiger partial charge on any atom is 0.387 e. The Morgan fingerprint density at radius 1 is 1.17 bits per heavy atom. The van der Waals surface area contributed by atoms with Gasteiger partial charge in [0.25, 0.3) is 0 Å². The molecule has 0 aliphatic carbocycles. The molecule has 29 heavy (non-hydrogen) atoms. The first-order valence-corrected chi connectivity index (χ1v) is 10.3. The van der Waals surface area contributed by atoms with Gasteiger partial charge in [0.05, 0.1) is 12.6 Å². The Labute approximate surface area is 172 Å². The maximum absolute atomic E-state index is 12.2. The number of aliphatic hydroxyl groups is 1. The van der Waals surface area contributed by atoms with Gasteiger partial charge in [-0.25, -0.2) is 0 Å². The van der Waals surface area contributed by atoms with Gasteiger partial charge in [-0.1, -0.05) is 18.6 Å². The predicted octanol–water partition coefficient (Wildman–Crippen LogP) is 3.14. The Hall–Kier alpha value is -1.93. The van der Waals surface area contributed by atoms with E-state index in [9.17, 15) is 13.9 Å². The van der Waals surface area contributed by atoms with Gasteiger partial charge in [0.1, 0.15) is 5.75 Å². The number of rotatable bonds is 9. The van der Waals surface area contributed by atoms with Gasteiger partial charge >= 0.3 is 6.61 Å². The summed E-state index contributed by atoms with van der Waals surface area (Å²) in [4.78, 5) is 7.20. The zero-order valence-corrected chi connectivity index (χ0v) is 17.6. The van der Waals surface area contributed by atoms with Crippen LogP contribution in [0.2, 0.25) is 0 Å². The van der Waals surface area contributed by atoms with Crippen molar-refractivity contribution in [3.05, 3.63) is 29.8 Å². The highest BCUT2D eigenvalue weighted by Gasteiger charge is 2.27. The van der Waals surface area contributed by atoms with Gasteiger partial charge < -0.3 is 20.5 Å². The van der Waals surface area contributed by atoms with E-state index in [0.717, 1.165) is 13.1 Å². The summed E-state index contributed by atoms with van der Waals surface area (Å²) >= 11 is 0. The van der Waals surface area contributed by atoms with Crippen molar-refractivity contribution in [3.8, 4) is 5.75 Å². The molecule has 0 spiro atoms. The number of guanidine groups is 1. The van der Waals surface area contributed by atoms with Crippen LogP contribution in [0, 0.1) is 0 Å². The number of hydrogen-bond donors (Lipinski definition) is 3. The molecule has 3 N–H and O–H groups in total. The summed E-state index contributed by atoms with van der Waals surface area (Å²) in [6, 6.07) is 6.00. The van der Waals surface area contributed by atoms with Crippen molar-refractivity contribution in [1.82, 2.24) is 15.5 Å². The quantitative estimate of drug-likeness (QED) is 0.429. The van der Waals surface area contributed by atoms with Crippen LogP contribution in [0.15, 0.2) is 29.3 Å². The van der Waals surface area contributed by atoms with Crippen LogP contribution in [0.4, 0.5) is 8.78 Å². The van der Waals surface area contributed by atoms with Crippen LogP contribution in [0.25, 0.3) is 0 Å². The van der Waals surface area contributed by atoms with Gasteiger partial charge in [-0.2, -0.15) is 8.78 Å². The molecule has 164 valence electrons. The van der Waals surface area contributed by atoms with Crippen LogP contribution in [0.3, 0.4) is 0 Å². The second-order valence-corrected chi connectivity index (χ2v) is 7.90. The first kappa shape index (κ1) is 23.3. The maximum atomic E-state index is 12.2. The van der Waals surface area contributed by atoms with E-state index in [2.05, 4.69) is 34.1 Å². The third kappa shape index (κ3) is 7.78. The number of halogens is 2. The summed E-state index contributed by atoms with van der Waals surface area (Å²) in [6.45, 7) is 7.39. The summed E-state index contributed by atoms with van der Waals surface area (Å²) in [7, 11) is 0. The van der Waals surface area contributed by atoms with Gasteiger partial charge in [-0.05, 0) is 64.4 Å². The first-order chi connectivity index (χ1) is 13.8. The Balaban J connectivity index is 1.91. The SMILES string of the molecule is CCNC(=NCC(C)(C)N1CCCCC1)NCC(O)c1ccc(OC(F)F)cc1. The minimum atomic E-state index is -2.86. The van der Waals surface area contributed by atoms with E-state index in [1.54, 1.807) is 12.1 Å². The van der Waals surface area contributed by atoms with Gasteiger partial charge in [-0.15, -0.1) is 0 Å². The molecule has 0 aromatic heterocycles. The Morgan fingerprint density at radius 2 is 1.83 bits per heavy atom. The molecule has 1 heterocycles. The van der Waals surface area contributed by atoms with Crippen molar-refractivity contribution in [2.24, 2.45) is 4.99 Å². The summed E-state index contributed by atoms with van der Waals surface area (Å²) in [6.07, 6.45) is 2.97. The van der Waals surface area contributed by atoms with Crippen LogP contribution in [-0.2, 0) is 0 Å². The van der Waals surface area contributed by atoms with Crippen LogP contribution in [0.1, 0.15) is 51.7 Å². The molecule has 8 heteroatoms. The molecule has 1 saturated heterocycles. The molecule has 1 aromatic carbocycles. The highest BCUT2D eigenvalue weighted by molar-refractivity contribution is 5.79. The molecule has 0 saturated carbocycles. The minimum Gasteiger partial charge on any atom is -0.435 e. The van der Waals surface area contributed by atoms with Crippen molar-refractivity contribution in [1.29, 1.82) is 0 Å². The first-order valence-electron chi connectivity index (χ1n) is 10.3. The van der Waals surface area contributed by atoms with E-state index < -0.39 is 12.7 Å². The second-order valence-electron chi connectivity index (χ2n) is 7.90. The Bertz CT molecular complexity index is 632. The molecular formula is C21H34F2N4O2. The van der Waals surface area contributed by atoms with Gasteiger partial charge in [-0.3, -0.25) is 9.89 Å². The van der Waals surface area contributed by atoms with E-state index in [-0.39, 0.29) is 17.8 Å². The number of nitrogens with one attached hydrogen (secondary N) is 2. The summed E-state index contributed by atoms with van der Waals surface area (Å²) in [5.74, 6) is 0.716. The van der Waals surface area contributed by atoms with Gasteiger partial charge in [0.2, 0.25) is 0 Å². The third-order valence-corrected chi connectivity index (χ3v) is 5.13. The molecule has 1 unspecified atom stereocenters. The Kier molecular flexibility index (Phi) is 9.10. The number of aliphatic hydroxyl groups excluding tert-OH is 1. The van der Waals surface area contributed by atoms with E-state index in [1.807, 2.05) is 6.92 Å². The predicted molar refractivity (Wildman–Crippen MR) is 112 cm³/mol. The van der Waals surface area contributed by atoms with E-state index in [4.69, 9.17) is 4.99 Å². The minimum absolute atomic E-state index is 0.0259. The smallest absolute Gasteiger partial charge is 0.387 e. The molecule has 2 rings (SSSR count). The number of hydrogen-bond acceptors (Lipinski definition) is 4. The number of alkyl halides is 2. The topological polar surface area (TPSA) is 69.1 Å². The zero-order chi connectivity index (χ0) is 21.3. The largest absolute Gasteiger partial charge is 0.435 e. The van der Waals surface area contributed by atoms with Crippen molar-refractivity contribution < 1.29 is 18.6 Å². The summed E-state index contributed by atoms with van der Waals surface area (Å²) in [5, 5.41) is 16.8. The van der Waals surface area contributed by atoms with Crippen LogP contribution >= 0.6 is 0 Å². The second kappa shape index (κ2) is 11.3. The average Bonchev–Trinajstić information content (AvgIpc) is 2.70. The van der Waals surface area contributed by atoms with Crippen molar-refractivity contribution >= 4 is 5.96 Å². The monoisotopic (exact) mass is 412 g/mol. The lowest BCUT2D eigenvalue weighted by molar-refractivity contribution is -0.0498. The van der Waals surface area contributed by atoms with Gasteiger partial charge in [0.15, 0.2) is 5.96 Å². The molecular weight excluding hydrogens is 378 g/mol. The molecule has 1 aromatic rings. The third-order valence-electron chi connectivity index (χ3n) is 5.13. The average molecular weight is 413 g/mol. The number of aliphatic imine (C=N–C) groups is 1. The number of ether oxygens (including phenoxy) is 1. The standard InChI is InChI=1S/C21H34F2N4O2/c1-4-24-20(26-15-21(2,3)27-12-6-5-7-13-27)25-14-18(28)16-8-10-17(11-9-16)29-19(22)23/h8-11,18-19,28H,4-7,12-15H2,1-3H3,(H2,24,25,26). The number of likely N-dealkylation sites (tertiary alicyclic amines) is 1. The fraction of sp³-hybridized carbons (Fsp3) is 0.667. The molecule has 1 fully saturated rings. The molecule has 6 nitrogen and oxygen atoms in total. The van der Waals surface area contributed by atoms with Crippen LogP contribution in [0.5, 0.6) is 5.75 Å². The molecule has 0 radical (unpaired) electrons. The normalized spacial score (nSPS) is 17.3. The van der Waals surface area contributed by atoms with Crippen molar-refractivity contribution in [2.75, 3.05) is 32.7 Å². The summed E-state index contributed by atoms with van der Waals surface area (Å²) < 4.78 is 28.8. The number of benzene rings is 1. The molecule has 1 aliphatic heterocycles. The van der Waals surface area contributed by atoms with E-state index >= 15 is 0 Å². The van der Waals surface area contributed by atoms with Crippen molar-refractivity contribution in [3.63, 3.8) is 0 Å². The molecule has 0 bridgehead atoms. The zero-order valence-electron chi connectivity index (χ0n) is 17.6. The summed E-state index contributed by atoms with van der Waals surface area (Å²) in [5.41, 5.74) is 0.589. The number of piperidine rings is 1. The fourth-order valence-corrected chi connectivity index (χ4v) is 3.40. The lowest BCUT2D eigenvalue weighted by atomic mass is 9.99. The van der Waals surface area contributed by atoms with Crippen LogP contribution < -0.4 is 15.4 Å². The lowest BCUT2D eigenvalue weighted by Gasteiger charge is -2.40. The molecule has 1 aliphatic rings. The Morgan fingerprint density at radius 3 is 2.41 bits per heavy atom. The van der Waals surface area contributed by atoms with Crippen molar-refractivity contribution in [2.45, 2.75) is 58.3 Å². The molecule has 0 amide bonds. The van der Waals surface area contributed by atoms with Crippen LogP contribution in [-0.4, -0.2) is 60.8 Å². The highest BCUT2D eigenvalue weighted by atomic mass is 19.3. The van der Waals surface area contributed by atoms with Gasteiger partial charge in [0, 0.05) is 18.6 Å². The number of nitrogens with zero attached hydrogens (tertiary/aromatic N) is 2. The highest BCUT2D eigenvalue weighted by Crippen LogP contribution is 2.21. The lowest BCUT2D eigenvalue weighted by Crippen LogP contribution is -2.49. The van der Waals surface area contributed by atoms with E-state index in [0.29, 0.717) is 24.6 Å². The molecule has 1 atom stereocenters.